The lowest BCUT2D eigenvalue weighted by Gasteiger charge is -2.12. The van der Waals surface area contributed by atoms with Crippen molar-refractivity contribution < 1.29 is 9.84 Å². The highest BCUT2D eigenvalue weighted by molar-refractivity contribution is 7.71. The van der Waals surface area contributed by atoms with E-state index in [1.807, 2.05) is 11.9 Å². The molecule has 0 spiro atoms. The molecule has 10 nitrogen and oxygen atoms in total. The highest BCUT2D eigenvalue weighted by Crippen LogP contribution is 2.21. The zero-order valence-corrected chi connectivity index (χ0v) is 15.4. The molecule has 0 radical (unpaired) electrons. The van der Waals surface area contributed by atoms with Crippen molar-refractivity contribution in [2.75, 3.05) is 6.61 Å². The SMILES string of the molecule is CCOc1ccc(-n2c(O)c(C=Nc3c[nH]c(=O)[nH]c3=O)c(=O)[nH]c2=S)cc1. The average Bonchev–Trinajstić information content (AvgIpc) is 2.64. The minimum atomic E-state index is -0.741. The summed E-state index contributed by atoms with van der Waals surface area (Å²) in [6.45, 7) is 2.37. The van der Waals surface area contributed by atoms with E-state index < -0.39 is 22.7 Å². The van der Waals surface area contributed by atoms with Gasteiger partial charge in [-0.05, 0) is 43.4 Å². The Morgan fingerprint density at radius 1 is 1.18 bits per heavy atom. The lowest BCUT2D eigenvalue weighted by atomic mass is 10.2. The standard InChI is InChI=1S/C17H15N5O5S/c1-2-27-10-5-3-9(4-6-10)22-15(25)11(13(23)21-17(22)28)7-18-12-8-19-16(26)20-14(12)24/h3-8,25H,2H2,1H3,(H,21,23,28)(H2,19,20,24,26). The first-order valence-corrected chi connectivity index (χ1v) is 8.49. The lowest BCUT2D eigenvalue weighted by Crippen LogP contribution is -2.21. The largest absolute Gasteiger partial charge is 0.494 e. The number of hydrogen-bond donors (Lipinski definition) is 4. The number of aromatic hydroxyl groups is 1. The first kappa shape index (κ1) is 19.0. The minimum absolute atomic E-state index is 0.0225. The van der Waals surface area contributed by atoms with Gasteiger partial charge in [0.2, 0.25) is 5.88 Å². The molecule has 11 heteroatoms. The zero-order chi connectivity index (χ0) is 20.3. The Morgan fingerprint density at radius 2 is 1.89 bits per heavy atom. The second kappa shape index (κ2) is 7.88. The van der Waals surface area contributed by atoms with Crippen LogP contribution >= 0.6 is 12.2 Å². The van der Waals surface area contributed by atoms with Crippen molar-refractivity contribution in [1.29, 1.82) is 0 Å². The molecule has 0 amide bonds. The van der Waals surface area contributed by atoms with E-state index in [4.69, 9.17) is 17.0 Å². The van der Waals surface area contributed by atoms with Crippen molar-refractivity contribution in [3.63, 3.8) is 0 Å². The molecule has 3 aromatic rings. The second-order valence-electron chi connectivity index (χ2n) is 5.47. The maximum Gasteiger partial charge on any atom is 0.325 e. The molecule has 0 fully saturated rings. The zero-order valence-electron chi connectivity index (χ0n) is 14.6. The maximum atomic E-state index is 12.2. The van der Waals surface area contributed by atoms with Gasteiger partial charge in [-0.1, -0.05) is 0 Å². The summed E-state index contributed by atoms with van der Waals surface area (Å²) >= 11 is 5.14. The summed E-state index contributed by atoms with van der Waals surface area (Å²) in [7, 11) is 0. The van der Waals surface area contributed by atoms with Gasteiger partial charge in [-0.2, -0.15) is 0 Å². The van der Waals surface area contributed by atoms with Gasteiger partial charge in [0.25, 0.3) is 11.1 Å². The van der Waals surface area contributed by atoms with E-state index in [9.17, 15) is 19.5 Å². The average molecular weight is 401 g/mol. The van der Waals surface area contributed by atoms with Crippen molar-refractivity contribution in [1.82, 2.24) is 19.5 Å². The quantitative estimate of drug-likeness (QED) is 0.372. The number of aromatic nitrogens is 4. The number of rotatable bonds is 5. The third kappa shape index (κ3) is 3.83. The summed E-state index contributed by atoms with van der Waals surface area (Å²) in [5.41, 5.74) is -1.99. The molecule has 4 N–H and O–H groups in total. The summed E-state index contributed by atoms with van der Waals surface area (Å²) in [4.78, 5) is 45.5. The lowest BCUT2D eigenvalue weighted by molar-refractivity contribution is 0.340. The highest BCUT2D eigenvalue weighted by Gasteiger charge is 2.13. The molecule has 2 aromatic heterocycles. The Labute approximate surface area is 161 Å². The van der Waals surface area contributed by atoms with Crippen LogP contribution in [-0.4, -0.2) is 37.4 Å². The molecule has 0 atom stereocenters. The van der Waals surface area contributed by atoms with Crippen LogP contribution in [0.2, 0.25) is 0 Å². The molecule has 0 saturated heterocycles. The predicted octanol–water partition coefficient (Wildman–Crippen LogP) is 1.13. The first-order chi connectivity index (χ1) is 13.4. The topological polar surface area (TPSA) is 145 Å². The molecule has 2 heterocycles. The Kier molecular flexibility index (Phi) is 5.36. The molecule has 0 aliphatic carbocycles. The summed E-state index contributed by atoms with van der Waals surface area (Å²) in [5.74, 6) is 0.184. The molecular formula is C17H15N5O5S. The Bertz CT molecular complexity index is 1270. The van der Waals surface area contributed by atoms with Crippen molar-refractivity contribution in [2.45, 2.75) is 6.92 Å². The third-order valence-electron chi connectivity index (χ3n) is 3.66. The van der Waals surface area contributed by atoms with Crippen LogP contribution in [0.1, 0.15) is 12.5 Å². The van der Waals surface area contributed by atoms with Gasteiger partial charge in [0.1, 0.15) is 17.0 Å². The summed E-state index contributed by atoms with van der Waals surface area (Å²) in [6.07, 6.45) is 2.10. The van der Waals surface area contributed by atoms with Gasteiger partial charge in [-0.25, -0.2) is 9.79 Å². The van der Waals surface area contributed by atoms with E-state index in [0.717, 1.165) is 12.4 Å². The fourth-order valence-electron chi connectivity index (χ4n) is 2.39. The molecule has 0 aliphatic rings. The van der Waals surface area contributed by atoms with Gasteiger partial charge < -0.3 is 14.8 Å². The van der Waals surface area contributed by atoms with E-state index in [0.29, 0.717) is 18.0 Å². The minimum Gasteiger partial charge on any atom is -0.494 e. The van der Waals surface area contributed by atoms with Crippen LogP contribution < -0.4 is 21.5 Å². The molecule has 28 heavy (non-hydrogen) atoms. The fraction of sp³-hybridized carbons (Fsp3) is 0.118. The summed E-state index contributed by atoms with van der Waals surface area (Å²) in [6, 6.07) is 6.70. The molecule has 1 aromatic carbocycles. The van der Waals surface area contributed by atoms with Gasteiger partial charge in [0, 0.05) is 12.4 Å². The molecule has 0 bridgehead atoms. The Hall–Kier alpha value is -3.73. The number of nitrogens with zero attached hydrogens (tertiary/aromatic N) is 2. The normalized spacial score (nSPS) is 11.0. The van der Waals surface area contributed by atoms with Crippen LogP contribution in [0.25, 0.3) is 5.69 Å². The van der Waals surface area contributed by atoms with Crippen molar-refractivity contribution >= 4 is 24.1 Å². The number of aromatic amines is 3. The van der Waals surface area contributed by atoms with Crippen molar-refractivity contribution in [3.05, 3.63) is 72.0 Å². The highest BCUT2D eigenvalue weighted by atomic mass is 32.1. The van der Waals surface area contributed by atoms with Crippen LogP contribution in [0, 0.1) is 4.77 Å². The molecule has 0 saturated carbocycles. The monoisotopic (exact) mass is 401 g/mol. The maximum absolute atomic E-state index is 12.2. The molecule has 144 valence electrons. The van der Waals surface area contributed by atoms with Gasteiger partial charge in [-0.15, -0.1) is 0 Å². The number of aliphatic imine (C=N–C) groups is 1. The van der Waals surface area contributed by atoms with E-state index in [2.05, 4.69) is 15.0 Å². The second-order valence-corrected chi connectivity index (χ2v) is 5.86. The molecule has 0 unspecified atom stereocenters. The number of hydrogen-bond acceptors (Lipinski definition) is 7. The van der Waals surface area contributed by atoms with E-state index in [1.54, 1.807) is 24.3 Å². The third-order valence-corrected chi connectivity index (χ3v) is 3.94. The van der Waals surface area contributed by atoms with E-state index in [-0.39, 0.29) is 16.0 Å². The van der Waals surface area contributed by atoms with Crippen LogP contribution in [0.3, 0.4) is 0 Å². The first-order valence-electron chi connectivity index (χ1n) is 8.08. The Balaban J connectivity index is 2.08. The van der Waals surface area contributed by atoms with Gasteiger partial charge in [0.15, 0.2) is 4.77 Å². The van der Waals surface area contributed by atoms with E-state index >= 15 is 0 Å². The summed E-state index contributed by atoms with van der Waals surface area (Å²) in [5, 5.41) is 10.6. The predicted molar refractivity (Wildman–Crippen MR) is 105 cm³/mol. The Morgan fingerprint density at radius 3 is 2.54 bits per heavy atom. The molecule has 0 aliphatic heterocycles. The van der Waals surface area contributed by atoms with Gasteiger partial charge in [-0.3, -0.25) is 24.1 Å². The molecule has 3 rings (SSSR count). The number of ether oxygens (including phenoxy) is 1. The number of nitrogens with one attached hydrogen (secondary N) is 3. The fourth-order valence-corrected chi connectivity index (χ4v) is 2.67. The summed E-state index contributed by atoms with van der Waals surface area (Å²) < 4.78 is 6.59. The van der Waals surface area contributed by atoms with Crippen LogP contribution in [0.15, 0.2) is 49.8 Å². The van der Waals surface area contributed by atoms with Crippen molar-refractivity contribution in [2.24, 2.45) is 4.99 Å². The number of benzene rings is 1. The van der Waals surface area contributed by atoms with Gasteiger partial charge in [0.05, 0.1) is 12.3 Å². The van der Waals surface area contributed by atoms with Crippen LogP contribution in [-0.2, 0) is 0 Å². The van der Waals surface area contributed by atoms with Crippen LogP contribution in [0.5, 0.6) is 11.6 Å². The number of H-pyrrole nitrogens is 3. The molecular weight excluding hydrogens is 386 g/mol. The van der Waals surface area contributed by atoms with E-state index in [1.165, 1.54) is 4.57 Å². The smallest absolute Gasteiger partial charge is 0.325 e. The van der Waals surface area contributed by atoms with Gasteiger partial charge >= 0.3 is 5.69 Å². The van der Waals surface area contributed by atoms with Crippen molar-refractivity contribution in [3.8, 4) is 17.3 Å². The van der Waals surface area contributed by atoms with Crippen LogP contribution in [0.4, 0.5) is 5.69 Å².